The molecule has 8 nitrogen and oxygen atoms in total. The molecule has 1 saturated heterocycles. The molecule has 1 aromatic carbocycles. The SMILES string of the molecule is Cc1cccn2c(C(C)(C)NC(=O)[C@@H]3CN(C(=O)OC(C)(C)C)CCN3Cc3cccc(C(F)(F)F)c3)ncc12. The molecule has 0 radical (unpaired) electrons. The number of pyridine rings is 1. The van der Waals surface area contributed by atoms with E-state index in [0.29, 0.717) is 11.4 Å². The highest BCUT2D eigenvalue weighted by atomic mass is 19.4. The number of hydrogen-bond donors (Lipinski definition) is 1. The Hall–Kier alpha value is -3.60. The predicted molar refractivity (Wildman–Crippen MR) is 145 cm³/mol. The molecule has 216 valence electrons. The van der Waals surface area contributed by atoms with E-state index < -0.39 is 35.0 Å². The van der Waals surface area contributed by atoms with Gasteiger partial charge in [0.1, 0.15) is 17.5 Å². The van der Waals surface area contributed by atoms with Gasteiger partial charge in [-0.05, 0) is 64.8 Å². The first-order valence-corrected chi connectivity index (χ1v) is 13.2. The molecule has 1 fully saturated rings. The van der Waals surface area contributed by atoms with E-state index in [1.807, 2.05) is 43.5 Å². The number of carbonyl (C=O) groups excluding carboxylic acids is 2. The molecular weight excluding hydrogens is 523 g/mol. The molecule has 3 aromatic rings. The zero-order valence-corrected chi connectivity index (χ0v) is 23.7. The van der Waals surface area contributed by atoms with Crippen molar-refractivity contribution in [3.63, 3.8) is 0 Å². The quantitative estimate of drug-likeness (QED) is 0.469. The predicted octanol–water partition coefficient (Wildman–Crippen LogP) is 5.13. The molecule has 0 aliphatic carbocycles. The van der Waals surface area contributed by atoms with Gasteiger partial charge in [0.25, 0.3) is 0 Å². The van der Waals surface area contributed by atoms with Crippen molar-refractivity contribution in [3.05, 3.63) is 71.3 Å². The molecule has 2 aromatic heterocycles. The molecule has 0 spiro atoms. The second-order valence-electron chi connectivity index (χ2n) is 11.8. The molecule has 1 N–H and O–H groups in total. The average Bonchev–Trinajstić information content (AvgIpc) is 3.29. The molecule has 4 rings (SSSR count). The fraction of sp³-hybridized carbons (Fsp3) is 0.483. The van der Waals surface area contributed by atoms with Crippen LogP contribution in [0.5, 0.6) is 0 Å². The highest BCUT2D eigenvalue weighted by Crippen LogP contribution is 2.30. The number of amides is 2. The van der Waals surface area contributed by atoms with Crippen molar-refractivity contribution in [3.8, 4) is 0 Å². The summed E-state index contributed by atoms with van der Waals surface area (Å²) in [6, 6.07) is 8.13. The van der Waals surface area contributed by atoms with Crippen molar-refractivity contribution < 1.29 is 27.5 Å². The normalized spacial score (nSPS) is 17.2. The Morgan fingerprint density at radius 1 is 1.07 bits per heavy atom. The zero-order valence-electron chi connectivity index (χ0n) is 23.7. The molecule has 1 aliphatic rings. The molecule has 11 heteroatoms. The van der Waals surface area contributed by atoms with Crippen molar-refractivity contribution >= 4 is 17.5 Å². The average molecular weight is 560 g/mol. The van der Waals surface area contributed by atoms with Crippen LogP contribution in [0.1, 0.15) is 57.1 Å². The van der Waals surface area contributed by atoms with Gasteiger partial charge < -0.3 is 19.4 Å². The van der Waals surface area contributed by atoms with Crippen molar-refractivity contribution in [2.75, 3.05) is 19.6 Å². The van der Waals surface area contributed by atoms with E-state index in [1.54, 1.807) is 37.9 Å². The van der Waals surface area contributed by atoms with Gasteiger partial charge in [-0.15, -0.1) is 0 Å². The summed E-state index contributed by atoms with van der Waals surface area (Å²) >= 11 is 0. The summed E-state index contributed by atoms with van der Waals surface area (Å²) in [6.45, 7) is 11.6. The van der Waals surface area contributed by atoms with E-state index >= 15 is 0 Å². The van der Waals surface area contributed by atoms with E-state index in [9.17, 15) is 22.8 Å². The van der Waals surface area contributed by atoms with E-state index in [4.69, 9.17) is 4.74 Å². The van der Waals surface area contributed by atoms with E-state index in [1.165, 1.54) is 11.0 Å². The van der Waals surface area contributed by atoms with Crippen LogP contribution in [0, 0.1) is 6.92 Å². The highest BCUT2D eigenvalue weighted by molar-refractivity contribution is 5.84. The van der Waals surface area contributed by atoms with E-state index in [0.717, 1.165) is 23.2 Å². The fourth-order valence-electron chi connectivity index (χ4n) is 4.90. The number of fused-ring (bicyclic) bond motifs is 1. The summed E-state index contributed by atoms with van der Waals surface area (Å²) in [5.41, 5.74) is 0.0168. The highest BCUT2D eigenvalue weighted by Gasteiger charge is 2.39. The lowest BCUT2D eigenvalue weighted by molar-refractivity contribution is -0.138. The van der Waals surface area contributed by atoms with Gasteiger partial charge >= 0.3 is 12.3 Å². The number of aryl methyl sites for hydroxylation is 1. The van der Waals surface area contributed by atoms with Gasteiger partial charge in [-0.25, -0.2) is 9.78 Å². The minimum atomic E-state index is -4.47. The van der Waals surface area contributed by atoms with Gasteiger partial charge in [0.05, 0.1) is 22.8 Å². The van der Waals surface area contributed by atoms with Crippen LogP contribution < -0.4 is 5.32 Å². The molecular formula is C29H36F3N5O3. The van der Waals surface area contributed by atoms with Crippen molar-refractivity contribution in [1.82, 2.24) is 24.5 Å². The van der Waals surface area contributed by atoms with Gasteiger partial charge in [-0.2, -0.15) is 13.2 Å². The zero-order chi connectivity index (χ0) is 29.5. The Morgan fingerprint density at radius 2 is 1.80 bits per heavy atom. The summed E-state index contributed by atoms with van der Waals surface area (Å²) < 4.78 is 47.5. The summed E-state index contributed by atoms with van der Waals surface area (Å²) in [5.74, 6) is 0.262. The Labute approximate surface area is 232 Å². The number of halogens is 3. The molecule has 3 heterocycles. The summed E-state index contributed by atoms with van der Waals surface area (Å²) in [5, 5.41) is 3.08. The maximum atomic E-state index is 13.8. The maximum absolute atomic E-state index is 13.8. The largest absolute Gasteiger partial charge is 0.444 e. The van der Waals surface area contributed by atoms with Crippen LogP contribution in [-0.4, -0.2) is 62.5 Å². The second-order valence-corrected chi connectivity index (χ2v) is 11.8. The number of hydrogen-bond acceptors (Lipinski definition) is 5. The van der Waals surface area contributed by atoms with Crippen LogP contribution >= 0.6 is 0 Å². The number of carbonyl (C=O) groups is 2. The van der Waals surface area contributed by atoms with Gasteiger partial charge in [0.2, 0.25) is 5.91 Å². The molecule has 0 bridgehead atoms. The third-order valence-corrected chi connectivity index (χ3v) is 6.86. The van der Waals surface area contributed by atoms with Gasteiger partial charge in [0.15, 0.2) is 0 Å². The summed E-state index contributed by atoms with van der Waals surface area (Å²) in [4.78, 5) is 34.6. The maximum Gasteiger partial charge on any atom is 0.416 e. The minimum absolute atomic E-state index is 0.0250. The third kappa shape index (κ3) is 6.57. The topological polar surface area (TPSA) is 79.2 Å². The number of imidazole rings is 1. The molecule has 40 heavy (non-hydrogen) atoms. The first-order chi connectivity index (χ1) is 18.5. The third-order valence-electron chi connectivity index (χ3n) is 6.86. The number of aromatic nitrogens is 2. The smallest absolute Gasteiger partial charge is 0.416 e. The molecule has 1 atom stereocenters. The standard InChI is InChI=1S/C29H36F3N5O3/c1-19-9-8-12-37-22(19)16-33-25(37)28(5,6)34-24(38)23-18-36(26(39)40-27(2,3)4)14-13-35(23)17-20-10-7-11-21(15-20)29(30,31)32/h7-12,15-16,23H,13-14,17-18H2,1-6H3,(H,34,38)/t23-/m0/s1. The Balaban J connectivity index is 1.61. The summed E-state index contributed by atoms with van der Waals surface area (Å²) in [6.07, 6.45) is -1.39. The first kappa shape index (κ1) is 29.4. The molecule has 2 amide bonds. The Kier molecular flexibility index (Phi) is 7.90. The Bertz CT molecular complexity index is 1390. The monoisotopic (exact) mass is 559 g/mol. The van der Waals surface area contributed by atoms with Crippen LogP contribution in [0.15, 0.2) is 48.8 Å². The van der Waals surface area contributed by atoms with Crippen LogP contribution in [0.2, 0.25) is 0 Å². The lowest BCUT2D eigenvalue weighted by atomic mass is 10.0. The van der Waals surface area contributed by atoms with Crippen LogP contribution in [0.3, 0.4) is 0 Å². The van der Waals surface area contributed by atoms with Crippen molar-refractivity contribution in [1.29, 1.82) is 0 Å². The van der Waals surface area contributed by atoms with Crippen molar-refractivity contribution in [2.24, 2.45) is 0 Å². The van der Waals surface area contributed by atoms with Crippen LogP contribution in [0.4, 0.5) is 18.0 Å². The number of piperazine rings is 1. The Morgan fingerprint density at radius 3 is 2.48 bits per heavy atom. The second kappa shape index (κ2) is 10.8. The number of alkyl halides is 3. The minimum Gasteiger partial charge on any atom is -0.444 e. The summed E-state index contributed by atoms with van der Waals surface area (Å²) in [7, 11) is 0. The van der Waals surface area contributed by atoms with Gasteiger partial charge in [0, 0.05) is 32.4 Å². The number of rotatable bonds is 5. The van der Waals surface area contributed by atoms with Crippen LogP contribution in [-0.2, 0) is 27.8 Å². The van der Waals surface area contributed by atoms with E-state index in [-0.39, 0.29) is 32.1 Å². The van der Waals surface area contributed by atoms with E-state index in [2.05, 4.69) is 10.3 Å². The molecule has 0 saturated carbocycles. The lowest BCUT2D eigenvalue weighted by Gasteiger charge is -2.41. The first-order valence-electron chi connectivity index (χ1n) is 13.2. The number of ether oxygens (including phenoxy) is 1. The molecule has 0 unspecified atom stereocenters. The number of nitrogens with one attached hydrogen (secondary N) is 1. The molecule has 1 aliphatic heterocycles. The number of benzene rings is 1. The van der Waals surface area contributed by atoms with Gasteiger partial charge in [-0.1, -0.05) is 24.3 Å². The van der Waals surface area contributed by atoms with Gasteiger partial charge in [-0.3, -0.25) is 9.69 Å². The fourth-order valence-corrected chi connectivity index (χ4v) is 4.90. The van der Waals surface area contributed by atoms with Crippen LogP contribution in [0.25, 0.3) is 5.52 Å². The lowest BCUT2D eigenvalue weighted by Crippen LogP contribution is -2.61. The van der Waals surface area contributed by atoms with Crippen molar-refractivity contribution in [2.45, 2.75) is 71.4 Å². The number of nitrogens with zero attached hydrogens (tertiary/aromatic N) is 4.